The van der Waals surface area contributed by atoms with E-state index in [2.05, 4.69) is 0 Å². The van der Waals surface area contributed by atoms with Crippen LogP contribution in [0.5, 0.6) is 11.5 Å². The van der Waals surface area contributed by atoms with E-state index in [0.29, 0.717) is 22.6 Å². The van der Waals surface area contributed by atoms with Crippen LogP contribution in [0.1, 0.15) is 31.1 Å². The molecule has 0 N–H and O–H groups in total. The average molecular weight is 312 g/mol. The van der Waals surface area contributed by atoms with Gasteiger partial charge in [0.25, 0.3) is 0 Å². The second-order valence-corrected chi connectivity index (χ2v) is 4.98. The molecule has 0 spiro atoms. The molecule has 0 heterocycles. The molecule has 0 radical (unpaired) electrons. The Bertz CT molecular complexity index is 759. The lowest BCUT2D eigenvalue weighted by molar-refractivity contribution is -0.132. The number of ketones is 1. The van der Waals surface area contributed by atoms with Crippen LogP contribution in [-0.4, -0.2) is 17.7 Å². The van der Waals surface area contributed by atoms with E-state index in [1.54, 1.807) is 42.5 Å². The quantitative estimate of drug-likeness (QED) is 0.491. The van der Waals surface area contributed by atoms with Gasteiger partial charge >= 0.3 is 11.9 Å². The number of carbonyl (C=O) groups excluding carboxylic acids is 3. The summed E-state index contributed by atoms with van der Waals surface area (Å²) in [7, 11) is 0. The second kappa shape index (κ2) is 6.87. The zero-order valence-electron chi connectivity index (χ0n) is 13.1. The average Bonchev–Trinajstić information content (AvgIpc) is 2.47. The summed E-state index contributed by atoms with van der Waals surface area (Å²) >= 11 is 0. The van der Waals surface area contributed by atoms with Gasteiger partial charge in [-0.2, -0.15) is 0 Å². The van der Waals surface area contributed by atoms with E-state index in [1.807, 2.05) is 0 Å². The Morgan fingerprint density at radius 2 is 1.39 bits per heavy atom. The molecule has 23 heavy (non-hydrogen) atoms. The Labute approximate surface area is 133 Å². The summed E-state index contributed by atoms with van der Waals surface area (Å²) in [5, 5.41) is 0. The first-order valence-electron chi connectivity index (χ1n) is 6.99. The smallest absolute Gasteiger partial charge is 0.308 e. The fourth-order valence-electron chi connectivity index (χ4n) is 2.09. The minimum absolute atomic E-state index is 0.116. The van der Waals surface area contributed by atoms with Gasteiger partial charge in [-0.1, -0.05) is 18.2 Å². The first-order chi connectivity index (χ1) is 10.9. The van der Waals surface area contributed by atoms with Crippen LogP contribution in [0.25, 0.3) is 11.1 Å². The largest absolute Gasteiger partial charge is 0.427 e. The lowest BCUT2D eigenvalue weighted by atomic mass is 10.0. The summed E-state index contributed by atoms with van der Waals surface area (Å²) in [5.74, 6) is -0.246. The van der Waals surface area contributed by atoms with Crippen molar-refractivity contribution in [1.29, 1.82) is 0 Å². The molecule has 118 valence electrons. The van der Waals surface area contributed by atoms with Gasteiger partial charge in [0.05, 0.1) is 0 Å². The highest BCUT2D eigenvalue weighted by atomic mass is 16.5. The van der Waals surface area contributed by atoms with E-state index in [4.69, 9.17) is 9.47 Å². The number of hydrogen-bond donors (Lipinski definition) is 0. The lowest BCUT2D eigenvalue weighted by Gasteiger charge is -2.11. The molecule has 0 aromatic heterocycles. The Kier molecular flexibility index (Phi) is 4.91. The molecule has 0 aliphatic rings. The summed E-state index contributed by atoms with van der Waals surface area (Å²) in [5.41, 5.74) is 1.90. The van der Waals surface area contributed by atoms with Gasteiger partial charge in [-0.3, -0.25) is 14.4 Å². The normalized spacial score (nSPS) is 10.0. The number of esters is 2. The van der Waals surface area contributed by atoms with Crippen molar-refractivity contribution in [3.8, 4) is 22.6 Å². The van der Waals surface area contributed by atoms with E-state index in [-0.39, 0.29) is 5.78 Å². The van der Waals surface area contributed by atoms with E-state index in [0.717, 1.165) is 5.56 Å². The fraction of sp³-hybridized carbons (Fsp3) is 0.167. The van der Waals surface area contributed by atoms with Crippen molar-refractivity contribution < 1.29 is 23.9 Å². The Balaban J connectivity index is 2.42. The Morgan fingerprint density at radius 3 is 1.91 bits per heavy atom. The van der Waals surface area contributed by atoms with Crippen molar-refractivity contribution in [3.63, 3.8) is 0 Å². The van der Waals surface area contributed by atoms with E-state index >= 15 is 0 Å². The first-order valence-corrected chi connectivity index (χ1v) is 6.99. The number of Topliss-reactive ketones (excluding diaryl/α,β-unsaturated/α-hetero) is 1. The minimum Gasteiger partial charge on any atom is -0.427 e. The number of carbonyl (C=O) groups is 3. The van der Waals surface area contributed by atoms with Gasteiger partial charge in [0.15, 0.2) is 5.78 Å². The molecule has 0 fully saturated rings. The third-order valence-electron chi connectivity index (χ3n) is 3.07. The zero-order valence-corrected chi connectivity index (χ0v) is 13.1. The maximum atomic E-state index is 11.5. The van der Waals surface area contributed by atoms with Gasteiger partial charge in [-0.25, -0.2) is 0 Å². The SMILES string of the molecule is CC(=O)Oc1ccc(-c2ccc(C(C)=O)cc2OC(C)=O)cc1. The van der Waals surface area contributed by atoms with Crippen LogP contribution in [0.15, 0.2) is 42.5 Å². The molecule has 2 aromatic carbocycles. The molecule has 5 nitrogen and oxygen atoms in total. The second-order valence-electron chi connectivity index (χ2n) is 4.98. The zero-order chi connectivity index (χ0) is 17.0. The monoisotopic (exact) mass is 312 g/mol. The number of ether oxygens (including phenoxy) is 2. The van der Waals surface area contributed by atoms with Crippen molar-refractivity contribution in [2.24, 2.45) is 0 Å². The molecule has 2 aromatic rings. The molecule has 0 saturated carbocycles. The van der Waals surface area contributed by atoms with Crippen LogP contribution < -0.4 is 9.47 Å². The van der Waals surface area contributed by atoms with Crippen molar-refractivity contribution in [1.82, 2.24) is 0 Å². The summed E-state index contributed by atoms with van der Waals surface area (Å²) in [6.45, 7) is 4.07. The summed E-state index contributed by atoms with van der Waals surface area (Å²) in [6.07, 6.45) is 0. The highest BCUT2D eigenvalue weighted by Gasteiger charge is 2.12. The third-order valence-corrected chi connectivity index (χ3v) is 3.07. The Hall–Kier alpha value is -2.95. The Morgan fingerprint density at radius 1 is 0.783 bits per heavy atom. The van der Waals surface area contributed by atoms with E-state index < -0.39 is 11.9 Å². The van der Waals surface area contributed by atoms with Gasteiger partial charge in [0.2, 0.25) is 0 Å². The summed E-state index contributed by atoms with van der Waals surface area (Å²) in [6, 6.07) is 11.7. The van der Waals surface area contributed by atoms with Crippen molar-refractivity contribution in [3.05, 3.63) is 48.0 Å². The third kappa shape index (κ3) is 4.26. The molecule has 0 aliphatic carbocycles. The first kappa shape index (κ1) is 16.4. The predicted molar refractivity (Wildman–Crippen MR) is 84.5 cm³/mol. The highest BCUT2D eigenvalue weighted by Crippen LogP contribution is 2.32. The molecular weight excluding hydrogens is 296 g/mol. The number of hydrogen-bond acceptors (Lipinski definition) is 5. The molecule has 0 aliphatic heterocycles. The maximum absolute atomic E-state index is 11.5. The standard InChI is InChI=1S/C18H16O5/c1-11(19)15-6-9-17(18(10-15)23-13(3)21)14-4-7-16(8-5-14)22-12(2)20/h4-10H,1-3H3. The van der Waals surface area contributed by atoms with E-state index in [1.165, 1.54) is 20.8 Å². The van der Waals surface area contributed by atoms with Gasteiger partial charge in [0.1, 0.15) is 11.5 Å². The number of benzene rings is 2. The molecule has 2 rings (SSSR count). The van der Waals surface area contributed by atoms with Gasteiger partial charge in [-0.05, 0) is 36.8 Å². The van der Waals surface area contributed by atoms with Crippen LogP contribution in [0.3, 0.4) is 0 Å². The molecule has 0 unspecified atom stereocenters. The van der Waals surface area contributed by atoms with E-state index in [9.17, 15) is 14.4 Å². The van der Waals surface area contributed by atoms with Gasteiger partial charge < -0.3 is 9.47 Å². The molecule has 5 heteroatoms. The van der Waals surface area contributed by atoms with Gasteiger partial charge in [-0.15, -0.1) is 0 Å². The maximum Gasteiger partial charge on any atom is 0.308 e. The molecule has 0 bridgehead atoms. The molecular formula is C18H16O5. The van der Waals surface area contributed by atoms with Crippen molar-refractivity contribution >= 4 is 17.7 Å². The fourth-order valence-corrected chi connectivity index (χ4v) is 2.09. The number of rotatable bonds is 4. The van der Waals surface area contributed by atoms with Crippen LogP contribution in [-0.2, 0) is 9.59 Å². The van der Waals surface area contributed by atoms with Crippen LogP contribution in [0.4, 0.5) is 0 Å². The van der Waals surface area contributed by atoms with Crippen LogP contribution >= 0.6 is 0 Å². The van der Waals surface area contributed by atoms with Crippen LogP contribution in [0.2, 0.25) is 0 Å². The summed E-state index contributed by atoms with van der Waals surface area (Å²) in [4.78, 5) is 33.7. The van der Waals surface area contributed by atoms with Crippen molar-refractivity contribution in [2.75, 3.05) is 0 Å². The minimum atomic E-state index is -0.469. The summed E-state index contributed by atoms with van der Waals surface area (Å²) < 4.78 is 10.2. The van der Waals surface area contributed by atoms with Crippen LogP contribution in [0, 0.1) is 0 Å². The molecule has 0 atom stereocenters. The lowest BCUT2D eigenvalue weighted by Crippen LogP contribution is -2.04. The predicted octanol–water partition coefficient (Wildman–Crippen LogP) is 3.41. The van der Waals surface area contributed by atoms with Crippen molar-refractivity contribution in [2.45, 2.75) is 20.8 Å². The molecule has 0 saturated heterocycles. The van der Waals surface area contributed by atoms with Gasteiger partial charge in [0, 0.05) is 25.0 Å². The molecule has 0 amide bonds. The topological polar surface area (TPSA) is 69.7 Å². The highest BCUT2D eigenvalue weighted by molar-refractivity contribution is 5.95.